The van der Waals surface area contributed by atoms with Crippen LogP contribution in [0.1, 0.15) is 0 Å². The number of hydrogen-bond acceptors (Lipinski definition) is 2. The van der Waals surface area contributed by atoms with Crippen molar-refractivity contribution in [3.63, 3.8) is 0 Å². The van der Waals surface area contributed by atoms with Gasteiger partial charge in [0.25, 0.3) is 0 Å². The predicted molar refractivity (Wildman–Crippen MR) is 116 cm³/mol. The Kier molecular flexibility index (Phi) is 3.77. The van der Waals surface area contributed by atoms with E-state index in [2.05, 4.69) is 36.4 Å². The third kappa shape index (κ3) is 2.67. The molecule has 0 saturated carbocycles. The Balaban J connectivity index is 1.92. The zero-order valence-corrected chi connectivity index (χ0v) is 15.1. The highest BCUT2D eigenvalue weighted by atomic mass is 16.3. The van der Waals surface area contributed by atoms with E-state index < -0.39 is 0 Å². The van der Waals surface area contributed by atoms with Crippen LogP contribution < -0.4 is 0 Å². The van der Waals surface area contributed by atoms with Gasteiger partial charge in [-0.05, 0) is 69.4 Å². The van der Waals surface area contributed by atoms with Crippen LogP contribution in [0.2, 0.25) is 0 Å². The minimum atomic E-state index is 0.189. The lowest BCUT2D eigenvalue weighted by molar-refractivity contribution is 0.475. The highest BCUT2D eigenvalue weighted by Crippen LogP contribution is 2.42. The molecule has 0 radical (unpaired) electrons. The van der Waals surface area contributed by atoms with Crippen molar-refractivity contribution in [2.75, 3.05) is 0 Å². The van der Waals surface area contributed by atoms with Crippen LogP contribution in [-0.2, 0) is 0 Å². The van der Waals surface area contributed by atoms with Crippen molar-refractivity contribution < 1.29 is 10.2 Å². The van der Waals surface area contributed by atoms with Gasteiger partial charge in [-0.15, -0.1) is 0 Å². The first-order chi connectivity index (χ1) is 13.7. The topological polar surface area (TPSA) is 40.5 Å². The minimum Gasteiger partial charge on any atom is -0.508 e. The van der Waals surface area contributed by atoms with Gasteiger partial charge in [0, 0.05) is 10.8 Å². The molecule has 0 bridgehead atoms. The van der Waals surface area contributed by atoms with E-state index in [1.165, 1.54) is 0 Å². The molecule has 0 aromatic heterocycles. The molecule has 0 fully saturated rings. The molecule has 0 amide bonds. The van der Waals surface area contributed by atoms with Gasteiger partial charge in [-0.1, -0.05) is 60.7 Å². The van der Waals surface area contributed by atoms with Crippen LogP contribution >= 0.6 is 0 Å². The van der Waals surface area contributed by atoms with Gasteiger partial charge in [-0.25, -0.2) is 0 Å². The maximum absolute atomic E-state index is 11.1. The van der Waals surface area contributed by atoms with Crippen molar-refractivity contribution in [2.45, 2.75) is 0 Å². The van der Waals surface area contributed by atoms with E-state index in [0.29, 0.717) is 0 Å². The molecule has 5 aromatic carbocycles. The molecule has 5 aromatic rings. The summed E-state index contributed by atoms with van der Waals surface area (Å²) in [4.78, 5) is 0. The summed E-state index contributed by atoms with van der Waals surface area (Å²) in [6.07, 6.45) is 0. The van der Waals surface area contributed by atoms with Crippen molar-refractivity contribution in [3.8, 4) is 33.8 Å². The predicted octanol–water partition coefficient (Wildman–Crippen LogP) is 6.74. The monoisotopic (exact) mass is 362 g/mol. The summed E-state index contributed by atoms with van der Waals surface area (Å²) in [5, 5.41) is 24.3. The van der Waals surface area contributed by atoms with Crippen molar-refractivity contribution >= 4 is 21.5 Å². The Morgan fingerprint density at radius 1 is 0.500 bits per heavy atom. The van der Waals surface area contributed by atoms with Gasteiger partial charge < -0.3 is 10.2 Å². The second kappa shape index (κ2) is 6.43. The molecule has 0 spiro atoms. The van der Waals surface area contributed by atoms with Crippen LogP contribution in [0.5, 0.6) is 11.5 Å². The maximum Gasteiger partial charge on any atom is 0.131 e. The number of aromatic hydroxyl groups is 2. The Hall–Kier alpha value is -3.78. The Labute approximate surface area is 162 Å². The SMILES string of the molecule is Oc1ccc2c(O)c3c(-c4ccccc4)cc(-c4ccccc4)cc3cc2c1. The summed E-state index contributed by atoms with van der Waals surface area (Å²) < 4.78 is 0. The highest BCUT2D eigenvalue weighted by Gasteiger charge is 2.14. The van der Waals surface area contributed by atoms with Gasteiger partial charge in [0.15, 0.2) is 0 Å². The number of phenols is 2. The van der Waals surface area contributed by atoms with E-state index in [4.69, 9.17) is 0 Å². The molecule has 2 nitrogen and oxygen atoms in total. The van der Waals surface area contributed by atoms with E-state index in [9.17, 15) is 10.2 Å². The van der Waals surface area contributed by atoms with Gasteiger partial charge in [-0.3, -0.25) is 0 Å². The average Bonchev–Trinajstić information content (AvgIpc) is 2.74. The normalized spacial score (nSPS) is 11.1. The fourth-order valence-electron chi connectivity index (χ4n) is 3.87. The van der Waals surface area contributed by atoms with Crippen LogP contribution in [0.4, 0.5) is 0 Å². The molecule has 0 atom stereocenters. The standard InChI is InChI=1S/C26H18O2/c27-22-11-12-23-20(15-22)14-21-13-19(17-7-3-1-4-8-17)16-24(25(21)26(23)28)18-9-5-2-6-10-18/h1-16,27-28H. The highest BCUT2D eigenvalue weighted by molar-refractivity contribution is 6.12. The quantitative estimate of drug-likeness (QED) is 0.341. The molecule has 0 unspecified atom stereocenters. The minimum absolute atomic E-state index is 0.189. The molecule has 0 aliphatic carbocycles. The van der Waals surface area contributed by atoms with Gasteiger partial charge in [0.05, 0.1) is 0 Å². The van der Waals surface area contributed by atoms with E-state index in [1.54, 1.807) is 18.2 Å². The molecule has 28 heavy (non-hydrogen) atoms. The first-order valence-corrected chi connectivity index (χ1v) is 9.24. The molecule has 2 N–H and O–H groups in total. The number of hydrogen-bond donors (Lipinski definition) is 2. The second-order valence-corrected chi connectivity index (χ2v) is 6.98. The summed E-state index contributed by atoms with van der Waals surface area (Å²) in [7, 11) is 0. The summed E-state index contributed by atoms with van der Waals surface area (Å²) >= 11 is 0. The fraction of sp³-hybridized carbons (Fsp3) is 0. The summed E-state index contributed by atoms with van der Waals surface area (Å²) in [6, 6.07) is 31.7. The third-order valence-electron chi connectivity index (χ3n) is 5.20. The first-order valence-electron chi connectivity index (χ1n) is 9.24. The van der Waals surface area contributed by atoms with Crippen LogP contribution in [0.3, 0.4) is 0 Å². The molecular formula is C26H18O2. The summed E-state index contributed by atoms with van der Waals surface area (Å²) in [5.74, 6) is 0.430. The van der Waals surface area contributed by atoms with Crippen LogP contribution in [-0.4, -0.2) is 10.2 Å². The number of rotatable bonds is 2. The molecule has 134 valence electrons. The van der Waals surface area contributed by atoms with Crippen molar-refractivity contribution in [1.82, 2.24) is 0 Å². The van der Waals surface area contributed by atoms with Gasteiger partial charge >= 0.3 is 0 Å². The maximum atomic E-state index is 11.1. The lowest BCUT2D eigenvalue weighted by Gasteiger charge is -2.14. The number of fused-ring (bicyclic) bond motifs is 2. The largest absolute Gasteiger partial charge is 0.508 e. The first kappa shape index (κ1) is 16.4. The van der Waals surface area contributed by atoms with E-state index >= 15 is 0 Å². The van der Waals surface area contributed by atoms with E-state index in [1.807, 2.05) is 42.5 Å². The van der Waals surface area contributed by atoms with Gasteiger partial charge in [0.2, 0.25) is 0 Å². The van der Waals surface area contributed by atoms with Crippen molar-refractivity contribution in [1.29, 1.82) is 0 Å². The smallest absolute Gasteiger partial charge is 0.131 e. The molecule has 0 aliphatic rings. The Morgan fingerprint density at radius 2 is 1.18 bits per heavy atom. The van der Waals surface area contributed by atoms with Gasteiger partial charge in [-0.2, -0.15) is 0 Å². The van der Waals surface area contributed by atoms with E-state index in [0.717, 1.165) is 43.8 Å². The number of phenolic OH excluding ortho intramolecular Hbond substituents is 2. The molecular weight excluding hydrogens is 344 g/mol. The molecule has 2 heteroatoms. The second-order valence-electron chi connectivity index (χ2n) is 6.98. The molecule has 0 aliphatic heterocycles. The average molecular weight is 362 g/mol. The lowest BCUT2D eigenvalue weighted by Crippen LogP contribution is -1.87. The fourth-order valence-corrected chi connectivity index (χ4v) is 3.87. The Bertz CT molecular complexity index is 1310. The zero-order chi connectivity index (χ0) is 19.1. The summed E-state index contributed by atoms with van der Waals surface area (Å²) in [6.45, 7) is 0. The van der Waals surface area contributed by atoms with Gasteiger partial charge in [0.1, 0.15) is 11.5 Å². The summed E-state index contributed by atoms with van der Waals surface area (Å²) in [5.41, 5.74) is 4.26. The molecule has 0 saturated heterocycles. The Morgan fingerprint density at radius 3 is 1.89 bits per heavy atom. The van der Waals surface area contributed by atoms with Crippen LogP contribution in [0, 0.1) is 0 Å². The molecule has 0 heterocycles. The van der Waals surface area contributed by atoms with Crippen molar-refractivity contribution in [3.05, 3.63) is 97.1 Å². The van der Waals surface area contributed by atoms with Crippen LogP contribution in [0.15, 0.2) is 97.1 Å². The van der Waals surface area contributed by atoms with Crippen molar-refractivity contribution in [2.24, 2.45) is 0 Å². The number of benzene rings is 5. The zero-order valence-electron chi connectivity index (χ0n) is 15.1. The third-order valence-corrected chi connectivity index (χ3v) is 5.20. The molecule has 5 rings (SSSR count). The lowest BCUT2D eigenvalue weighted by atomic mass is 9.90. The van der Waals surface area contributed by atoms with Crippen LogP contribution in [0.25, 0.3) is 43.8 Å². The van der Waals surface area contributed by atoms with E-state index in [-0.39, 0.29) is 11.5 Å².